The van der Waals surface area contributed by atoms with E-state index in [-0.39, 0.29) is 24.7 Å². The molecule has 2 saturated heterocycles. The van der Waals surface area contributed by atoms with Crippen LogP contribution in [0.1, 0.15) is 40.8 Å². The lowest BCUT2D eigenvalue weighted by atomic mass is 10.1. The number of hydrogen-bond acceptors (Lipinski definition) is 4. The first-order valence-corrected chi connectivity index (χ1v) is 9.34. The molecule has 4 heteroatoms. The quantitative estimate of drug-likeness (QED) is 0.886. The standard InChI is InChI=1S/C21H22N2O2/c1-3-7-14-12(5-1)9-16-20(14)22-18(24-16)11-19-23-21-15-8-4-2-6-13(15)10-17(21)25-19/h1-8,16-23H,9-11H2/t16-,17-,18-,19+,20+,21+/m0/s1. The highest BCUT2D eigenvalue weighted by atomic mass is 16.5. The summed E-state index contributed by atoms with van der Waals surface area (Å²) in [6.07, 6.45) is 3.55. The number of nitrogens with one attached hydrogen (secondary N) is 2. The molecule has 0 spiro atoms. The predicted octanol–water partition coefficient (Wildman–Crippen LogP) is 2.60. The van der Waals surface area contributed by atoms with Crippen molar-refractivity contribution in [2.75, 3.05) is 0 Å². The minimum Gasteiger partial charge on any atom is -0.358 e. The fraction of sp³-hybridized carbons (Fsp3) is 0.429. The fourth-order valence-corrected chi connectivity index (χ4v) is 5.11. The van der Waals surface area contributed by atoms with Crippen LogP contribution in [0.25, 0.3) is 0 Å². The smallest absolute Gasteiger partial charge is 0.112 e. The number of benzene rings is 2. The van der Waals surface area contributed by atoms with Crippen molar-refractivity contribution in [3.05, 3.63) is 70.8 Å². The van der Waals surface area contributed by atoms with E-state index in [1.807, 2.05) is 0 Å². The second-order valence-corrected chi connectivity index (χ2v) is 7.66. The van der Waals surface area contributed by atoms with Gasteiger partial charge in [0.2, 0.25) is 0 Å². The number of hydrogen-bond donors (Lipinski definition) is 2. The van der Waals surface area contributed by atoms with Gasteiger partial charge in [0.25, 0.3) is 0 Å². The topological polar surface area (TPSA) is 42.5 Å². The molecular weight excluding hydrogens is 312 g/mol. The number of rotatable bonds is 2. The van der Waals surface area contributed by atoms with Gasteiger partial charge in [-0.05, 0) is 22.3 Å². The van der Waals surface area contributed by atoms with Gasteiger partial charge in [0.15, 0.2) is 0 Å². The Morgan fingerprint density at radius 2 is 1.20 bits per heavy atom. The summed E-state index contributed by atoms with van der Waals surface area (Å²) in [5, 5.41) is 7.36. The molecular formula is C21H22N2O2. The van der Waals surface area contributed by atoms with Crippen molar-refractivity contribution >= 4 is 0 Å². The summed E-state index contributed by atoms with van der Waals surface area (Å²) in [6, 6.07) is 18.0. The van der Waals surface area contributed by atoms with Gasteiger partial charge < -0.3 is 9.47 Å². The Bertz CT molecular complexity index is 756. The SMILES string of the molecule is c1ccc2c(c1)C[C@@H]1O[C@H](C[C@H]3N[C@@H]4c5ccccc5C[C@@H]4O3)N[C@H]21. The molecule has 6 rings (SSSR count). The molecule has 4 nitrogen and oxygen atoms in total. The first-order chi connectivity index (χ1) is 12.3. The zero-order valence-electron chi connectivity index (χ0n) is 14.0. The van der Waals surface area contributed by atoms with Crippen molar-refractivity contribution < 1.29 is 9.47 Å². The minimum atomic E-state index is 0.0647. The maximum Gasteiger partial charge on any atom is 0.112 e. The molecule has 0 amide bonds. The van der Waals surface area contributed by atoms with E-state index in [1.165, 1.54) is 22.3 Å². The van der Waals surface area contributed by atoms with Crippen LogP contribution in [0.2, 0.25) is 0 Å². The fourth-order valence-electron chi connectivity index (χ4n) is 5.11. The Kier molecular flexibility index (Phi) is 3.11. The molecule has 2 N–H and O–H groups in total. The normalized spacial score (nSPS) is 37.6. The number of ether oxygens (including phenoxy) is 2. The molecule has 0 bridgehead atoms. The molecule has 6 atom stereocenters. The molecule has 2 aromatic carbocycles. The van der Waals surface area contributed by atoms with Crippen LogP contribution in [0.15, 0.2) is 48.5 Å². The van der Waals surface area contributed by atoms with Crippen LogP contribution < -0.4 is 10.6 Å². The molecule has 2 aliphatic heterocycles. The third kappa shape index (κ3) is 2.22. The Balaban J connectivity index is 1.14. The van der Waals surface area contributed by atoms with Gasteiger partial charge in [-0.15, -0.1) is 0 Å². The molecule has 0 unspecified atom stereocenters. The first-order valence-electron chi connectivity index (χ1n) is 9.34. The van der Waals surface area contributed by atoms with E-state index in [4.69, 9.17) is 9.47 Å². The summed E-state index contributed by atoms with van der Waals surface area (Å²) in [6.45, 7) is 0. The second-order valence-electron chi connectivity index (χ2n) is 7.66. The van der Waals surface area contributed by atoms with E-state index in [0.29, 0.717) is 12.1 Å². The van der Waals surface area contributed by atoms with E-state index in [2.05, 4.69) is 59.2 Å². The summed E-state index contributed by atoms with van der Waals surface area (Å²) >= 11 is 0. The van der Waals surface area contributed by atoms with Crippen LogP contribution in [0.4, 0.5) is 0 Å². The summed E-state index contributed by atoms with van der Waals surface area (Å²) in [5.74, 6) is 0. The molecule has 0 radical (unpaired) electrons. The lowest BCUT2D eigenvalue weighted by Crippen LogP contribution is -2.35. The van der Waals surface area contributed by atoms with E-state index in [9.17, 15) is 0 Å². The molecule has 2 aromatic rings. The summed E-state index contributed by atoms with van der Waals surface area (Å²) in [4.78, 5) is 0. The van der Waals surface area contributed by atoms with Crippen molar-refractivity contribution in [1.82, 2.24) is 10.6 Å². The Labute approximate surface area is 147 Å². The van der Waals surface area contributed by atoms with Gasteiger partial charge in [0.05, 0.1) is 24.3 Å². The molecule has 2 fully saturated rings. The van der Waals surface area contributed by atoms with Gasteiger partial charge in [-0.1, -0.05) is 48.5 Å². The van der Waals surface area contributed by atoms with Gasteiger partial charge in [-0.3, -0.25) is 10.6 Å². The van der Waals surface area contributed by atoms with Crippen LogP contribution in [0.5, 0.6) is 0 Å². The van der Waals surface area contributed by atoms with Gasteiger partial charge in [-0.25, -0.2) is 0 Å². The van der Waals surface area contributed by atoms with Crippen LogP contribution in [-0.2, 0) is 22.3 Å². The van der Waals surface area contributed by atoms with Crippen LogP contribution in [0, 0.1) is 0 Å². The monoisotopic (exact) mass is 334 g/mol. The van der Waals surface area contributed by atoms with Crippen molar-refractivity contribution in [3.63, 3.8) is 0 Å². The predicted molar refractivity (Wildman–Crippen MR) is 94.0 cm³/mol. The zero-order chi connectivity index (χ0) is 16.4. The maximum absolute atomic E-state index is 6.29. The Morgan fingerprint density at radius 1 is 0.720 bits per heavy atom. The lowest BCUT2D eigenvalue weighted by molar-refractivity contribution is -0.0226. The first kappa shape index (κ1) is 14.4. The van der Waals surface area contributed by atoms with Crippen molar-refractivity contribution in [2.24, 2.45) is 0 Å². The van der Waals surface area contributed by atoms with Crippen LogP contribution in [-0.4, -0.2) is 24.7 Å². The van der Waals surface area contributed by atoms with Crippen molar-refractivity contribution in [1.29, 1.82) is 0 Å². The third-order valence-corrected chi connectivity index (χ3v) is 6.20. The molecule has 2 heterocycles. The molecule has 2 aliphatic carbocycles. The van der Waals surface area contributed by atoms with Gasteiger partial charge in [0.1, 0.15) is 12.5 Å². The maximum atomic E-state index is 6.29. The van der Waals surface area contributed by atoms with Gasteiger partial charge >= 0.3 is 0 Å². The Morgan fingerprint density at radius 3 is 1.72 bits per heavy atom. The highest BCUT2D eigenvalue weighted by molar-refractivity contribution is 5.38. The lowest BCUT2D eigenvalue weighted by Gasteiger charge is -2.19. The van der Waals surface area contributed by atoms with E-state index < -0.39 is 0 Å². The molecule has 25 heavy (non-hydrogen) atoms. The molecule has 128 valence electrons. The van der Waals surface area contributed by atoms with Gasteiger partial charge in [0, 0.05) is 19.3 Å². The minimum absolute atomic E-state index is 0.0647. The summed E-state index contributed by atoms with van der Waals surface area (Å²) < 4.78 is 12.6. The number of fused-ring (bicyclic) bond motifs is 6. The van der Waals surface area contributed by atoms with E-state index in [0.717, 1.165) is 19.3 Å². The highest BCUT2D eigenvalue weighted by Crippen LogP contribution is 2.41. The van der Waals surface area contributed by atoms with E-state index >= 15 is 0 Å². The van der Waals surface area contributed by atoms with E-state index in [1.54, 1.807) is 0 Å². The third-order valence-electron chi connectivity index (χ3n) is 6.20. The highest BCUT2D eigenvalue weighted by Gasteiger charge is 2.45. The molecule has 4 aliphatic rings. The van der Waals surface area contributed by atoms with Crippen LogP contribution in [0.3, 0.4) is 0 Å². The Hall–Kier alpha value is -1.72. The van der Waals surface area contributed by atoms with Crippen LogP contribution >= 0.6 is 0 Å². The van der Waals surface area contributed by atoms with Crippen molar-refractivity contribution in [3.8, 4) is 0 Å². The average molecular weight is 334 g/mol. The average Bonchev–Trinajstić information content (AvgIpc) is 3.33. The van der Waals surface area contributed by atoms with Gasteiger partial charge in [-0.2, -0.15) is 0 Å². The molecule has 0 aromatic heterocycles. The second kappa shape index (κ2) is 5.39. The largest absolute Gasteiger partial charge is 0.358 e. The van der Waals surface area contributed by atoms with Crippen molar-refractivity contribution in [2.45, 2.75) is 56.0 Å². The molecule has 0 saturated carbocycles. The summed E-state index contributed by atoms with van der Waals surface area (Å²) in [7, 11) is 0. The summed E-state index contributed by atoms with van der Waals surface area (Å²) in [5.41, 5.74) is 5.65. The zero-order valence-corrected chi connectivity index (χ0v) is 14.0.